The van der Waals surface area contributed by atoms with Gasteiger partial charge in [0.2, 0.25) is 5.95 Å². The van der Waals surface area contributed by atoms with Crippen LogP contribution in [0, 0.1) is 17.8 Å². The molecular formula is C18H25BrN4. The lowest BCUT2D eigenvalue weighted by Gasteiger charge is -2.33. The van der Waals surface area contributed by atoms with Gasteiger partial charge in [0, 0.05) is 37.9 Å². The summed E-state index contributed by atoms with van der Waals surface area (Å²) in [5.41, 5.74) is 0. The number of likely N-dealkylation sites (N-methyl/N-ethyl adjacent to an activating group) is 1. The van der Waals surface area contributed by atoms with Gasteiger partial charge in [0.25, 0.3) is 0 Å². The Morgan fingerprint density at radius 1 is 1.26 bits per heavy atom. The van der Waals surface area contributed by atoms with E-state index in [-0.39, 0.29) is 0 Å². The first-order valence-corrected chi connectivity index (χ1v) is 8.87. The third-order valence-corrected chi connectivity index (χ3v) is 4.67. The molecule has 0 aliphatic heterocycles. The first-order chi connectivity index (χ1) is 11.1. The number of hydrogen-bond donors (Lipinski definition) is 0. The zero-order valence-corrected chi connectivity index (χ0v) is 15.6. The van der Waals surface area contributed by atoms with Gasteiger partial charge in [-0.05, 0) is 48.7 Å². The number of halogens is 1. The number of aromatic nitrogens is 2. The van der Waals surface area contributed by atoms with Crippen LogP contribution in [0.4, 0.5) is 5.95 Å². The highest BCUT2D eigenvalue weighted by Crippen LogP contribution is 2.28. The molecule has 1 aliphatic rings. The highest BCUT2D eigenvalue weighted by Gasteiger charge is 2.24. The molecule has 1 aromatic heterocycles. The Labute approximate surface area is 148 Å². The Morgan fingerprint density at radius 2 is 1.91 bits per heavy atom. The van der Waals surface area contributed by atoms with Crippen LogP contribution in [0.25, 0.3) is 0 Å². The highest BCUT2D eigenvalue weighted by molar-refractivity contribution is 9.10. The van der Waals surface area contributed by atoms with Crippen molar-refractivity contribution in [3.63, 3.8) is 0 Å². The summed E-state index contributed by atoms with van der Waals surface area (Å²) in [5, 5.41) is 0. The Hall–Kier alpha value is -1.38. The molecule has 0 bridgehead atoms. The minimum atomic E-state index is 0.512. The minimum Gasteiger partial charge on any atom is -0.341 e. The summed E-state index contributed by atoms with van der Waals surface area (Å²) < 4.78 is 0.912. The van der Waals surface area contributed by atoms with Crippen LogP contribution in [0.1, 0.15) is 25.7 Å². The quantitative estimate of drug-likeness (QED) is 0.582. The van der Waals surface area contributed by atoms with E-state index in [4.69, 9.17) is 0 Å². The van der Waals surface area contributed by atoms with Gasteiger partial charge in [0.05, 0.1) is 11.0 Å². The van der Waals surface area contributed by atoms with E-state index >= 15 is 0 Å². The van der Waals surface area contributed by atoms with E-state index in [9.17, 15) is 0 Å². The van der Waals surface area contributed by atoms with Crippen molar-refractivity contribution in [2.45, 2.75) is 31.7 Å². The molecule has 0 spiro atoms. The molecule has 1 heterocycles. The number of hydrogen-bond acceptors (Lipinski definition) is 4. The molecule has 0 saturated heterocycles. The van der Waals surface area contributed by atoms with Gasteiger partial charge in [0.15, 0.2) is 0 Å². The third-order valence-electron chi connectivity index (χ3n) is 4.26. The van der Waals surface area contributed by atoms with Gasteiger partial charge in [-0.15, -0.1) is 6.58 Å². The molecule has 0 radical (unpaired) electrons. The van der Waals surface area contributed by atoms with Gasteiger partial charge in [0.1, 0.15) is 0 Å². The molecule has 1 aromatic rings. The van der Waals surface area contributed by atoms with Crippen molar-refractivity contribution in [1.82, 2.24) is 14.9 Å². The van der Waals surface area contributed by atoms with Crippen LogP contribution in [-0.4, -0.2) is 48.1 Å². The van der Waals surface area contributed by atoms with E-state index in [2.05, 4.69) is 68.2 Å². The van der Waals surface area contributed by atoms with Gasteiger partial charge >= 0.3 is 0 Å². The predicted molar refractivity (Wildman–Crippen MR) is 99.4 cm³/mol. The van der Waals surface area contributed by atoms with E-state index in [0.717, 1.165) is 49.2 Å². The minimum absolute atomic E-state index is 0.512. The molecule has 0 N–H and O–H groups in total. The lowest BCUT2D eigenvalue weighted by molar-refractivity contribution is 0.371. The summed E-state index contributed by atoms with van der Waals surface area (Å²) >= 11 is 3.37. The average Bonchev–Trinajstić information content (AvgIpc) is 2.56. The summed E-state index contributed by atoms with van der Waals surface area (Å²) in [4.78, 5) is 13.1. The monoisotopic (exact) mass is 376 g/mol. The van der Waals surface area contributed by atoms with Crippen molar-refractivity contribution < 1.29 is 0 Å². The van der Waals surface area contributed by atoms with E-state index in [1.807, 2.05) is 6.08 Å². The topological polar surface area (TPSA) is 32.3 Å². The Balaban J connectivity index is 1.80. The lowest BCUT2D eigenvalue weighted by atomic mass is 9.86. The second-order valence-corrected chi connectivity index (χ2v) is 7.04. The highest BCUT2D eigenvalue weighted by atomic mass is 79.9. The van der Waals surface area contributed by atoms with E-state index in [0.29, 0.717) is 12.0 Å². The molecule has 4 nitrogen and oxygen atoms in total. The van der Waals surface area contributed by atoms with Crippen molar-refractivity contribution in [2.75, 3.05) is 32.1 Å². The molecule has 1 fully saturated rings. The predicted octanol–water partition coefficient (Wildman–Crippen LogP) is 3.36. The summed E-state index contributed by atoms with van der Waals surface area (Å²) in [6.45, 7) is 5.45. The van der Waals surface area contributed by atoms with Gasteiger partial charge in [-0.1, -0.05) is 17.9 Å². The maximum Gasteiger partial charge on any atom is 0.225 e. The lowest BCUT2D eigenvalue weighted by Crippen LogP contribution is -2.36. The zero-order chi connectivity index (χ0) is 16.7. The molecule has 5 heteroatoms. The molecule has 2 rings (SSSR count). The SMILES string of the molecule is C=CCN(C)CC#C[C@H]1CC[C@H](N(C)c2ncc(Br)cn2)CC1. The fourth-order valence-corrected chi connectivity index (χ4v) is 3.07. The van der Waals surface area contributed by atoms with E-state index in [1.165, 1.54) is 0 Å². The number of rotatable bonds is 5. The molecule has 23 heavy (non-hydrogen) atoms. The summed E-state index contributed by atoms with van der Waals surface area (Å²) in [6.07, 6.45) is 10.1. The molecular weight excluding hydrogens is 352 g/mol. The molecule has 124 valence electrons. The molecule has 1 saturated carbocycles. The molecule has 0 aromatic carbocycles. The maximum atomic E-state index is 4.39. The van der Waals surface area contributed by atoms with Crippen LogP contribution in [0.15, 0.2) is 29.5 Å². The fourth-order valence-electron chi connectivity index (χ4n) is 2.87. The van der Waals surface area contributed by atoms with Crippen LogP contribution in [0.3, 0.4) is 0 Å². The summed E-state index contributed by atoms with van der Waals surface area (Å²) in [6, 6.07) is 0.512. The van der Waals surface area contributed by atoms with Crippen molar-refractivity contribution in [3.8, 4) is 11.8 Å². The maximum absolute atomic E-state index is 4.39. The normalized spacial score (nSPS) is 20.7. The third kappa shape index (κ3) is 5.63. The Bertz CT molecular complexity index is 553. The Morgan fingerprint density at radius 3 is 2.52 bits per heavy atom. The van der Waals surface area contributed by atoms with Crippen LogP contribution in [-0.2, 0) is 0 Å². The van der Waals surface area contributed by atoms with E-state index < -0.39 is 0 Å². The van der Waals surface area contributed by atoms with Crippen LogP contribution < -0.4 is 4.90 Å². The molecule has 0 amide bonds. The fraction of sp³-hybridized carbons (Fsp3) is 0.556. The summed E-state index contributed by atoms with van der Waals surface area (Å²) in [7, 11) is 4.16. The largest absolute Gasteiger partial charge is 0.341 e. The zero-order valence-electron chi connectivity index (χ0n) is 14.0. The van der Waals surface area contributed by atoms with Crippen molar-refractivity contribution >= 4 is 21.9 Å². The van der Waals surface area contributed by atoms with Gasteiger partial charge in [-0.2, -0.15) is 0 Å². The standard InChI is InChI=1S/C18H25BrN4/c1-4-11-22(2)12-5-6-15-7-9-17(10-8-15)23(3)18-20-13-16(19)14-21-18/h4,13-15,17H,1,7-12H2,2-3H3/t15-,17-. The average molecular weight is 377 g/mol. The van der Waals surface area contributed by atoms with Gasteiger partial charge in [-0.3, -0.25) is 4.90 Å². The first-order valence-electron chi connectivity index (χ1n) is 8.08. The second kappa shape index (κ2) is 9.05. The summed E-state index contributed by atoms with van der Waals surface area (Å²) in [5.74, 6) is 8.07. The van der Waals surface area contributed by atoms with Gasteiger partial charge in [-0.25, -0.2) is 9.97 Å². The molecule has 0 unspecified atom stereocenters. The van der Waals surface area contributed by atoms with Gasteiger partial charge < -0.3 is 4.90 Å². The van der Waals surface area contributed by atoms with Crippen LogP contribution in [0.5, 0.6) is 0 Å². The number of nitrogens with zero attached hydrogens (tertiary/aromatic N) is 4. The van der Waals surface area contributed by atoms with Crippen LogP contribution in [0.2, 0.25) is 0 Å². The first kappa shape index (κ1) is 18.0. The molecule has 0 atom stereocenters. The second-order valence-electron chi connectivity index (χ2n) is 6.12. The van der Waals surface area contributed by atoms with E-state index in [1.54, 1.807) is 12.4 Å². The number of anilines is 1. The smallest absolute Gasteiger partial charge is 0.225 e. The van der Waals surface area contributed by atoms with Crippen molar-refractivity contribution in [2.24, 2.45) is 5.92 Å². The van der Waals surface area contributed by atoms with Crippen molar-refractivity contribution in [1.29, 1.82) is 0 Å². The van der Waals surface area contributed by atoms with Crippen LogP contribution >= 0.6 is 15.9 Å². The Kier molecular flexibility index (Phi) is 7.07. The van der Waals surface area contributed by atoms with Crippen molar-refractivity contribution in [3.05, 3.63) is 29.5 Å². The molecule has 1 aliphatic carbocycles.